The Hall–Kier alpha value is -1.97. The average molecular weight is 316 g/mol. The van der Waals surface area contributed by atoms with Crippen LogP contribution >= 0.6 is 0 Å². The van der Waals surface area contributed by atoms with Crippen LogP contribution in [0.2, 0.25) is 0 Å². The van der Waals surface area contributed by atoms with Crippen molar-refractivity contribution in [1.82, 2.24) is 5.32 Å². The summed E-state index contributed by atoms with van der Waals surface area (Å²) in [5.41, 5.74) is 2.41. The van der Waals surface area contributed by atoms with Gasteiger partial charge >= 0.3 is 0 Å². The molecule has 4 heteroatoms. The van der Waals surface area contributed by atoms with Crippen molar-refractivity contribution < 1.29 is 9.53 Å². The Morgan fingerprint density at radius 1 is 1.22 bits per heavy atom. The fourth-order valence-corrected chi connectivity index (χ4v) is 2.66. The monoisotopic (exact) mass is 316 g/mol. The number of benzene rings is 1. The number of anilines is 1. The van der Waals surface area contributed by atoms with E-state index < -0.39 is 0 Å². The van der Waals surface area contributed by atoms with Crippen LogP contribution in [0.25, 0.3) is 0 Å². The van der Waals surface area contributed by atoms with Crippen LogP contribution in [0.1, 0.15) is 46.0 Å². The minimum absolute atomic E-state index is 0.0314. The normalized spacial score (nSPS) is 14.3. The highest BCUT2D eigenvalue weighted by Crippen LogP contribution is 2.19. The van der Waals surface area contributed by atoms with Gasteiger partial charge in [0.15, 0.2) is 0 Å². The highest BCUT2D eigenvalue weighted by molar-refractivity contribution is 5.80. The number of hydrogen-bond acceptors (Lipinski definition) is 3. The first-order chi connectivity index (χ1) is 11.1. The first kappa shape index (κ1) is 17.4. The number of carbonyl (C=O) groups is 1. The molecule has 1 aromatic rings. The minimum atomic E-state index is 0.0314. The molecule has 0 aliphatic heterocycles. The van der Waals surface area contributed by atoms with Gasteiger partial charge in [0.25, 0.3) is 0 Å². The SMILES string of the molecule is CC(C)Oc1ccc(NCC(=O)NCCC2=CCCCC2)cc1. The van der Waals surface area contributed by atoms with Gasteiger partial charge in [-0.1, -0.05) is 11.6 Å². The molecule has 1 aliphatic carbocycles. The Balaban J connectivity index is 1.64. The Labute approximate surface area is 139 Å². The second-order valence-corrected chi connectivity index (χ2v) is 6.25. The molecule has 0 spiro atoms. The quantitative estimate of drug-likeness (QED) is 0.715. The van der Waals surface area contributed by atoms with Crippen molar-refractivity contribution in [2.45, 2.75) is 52.1 Å². The van der Waals surface area contributed by atoms with E-state index in [2.05, 4.69) is 16.7 Å². The van der Waals surface area contributed by atoms with Crippen LogP contribution in [0.3, 0.4) is 0 Å². The molecular formula is C19H28N2O2. The Bertz CT molecular complexity index is 521. The van der Waals surface area contributed by atoms with E-state index in [1.807, 2.05) is 38.1 Å². The van der Waals surface area contributed by atoms with Gasteiger partial charge in [0.1, 0.15) is 5.75 Å². The Kier molecular flexibility index (Phi) is 6.98. The molecule has 0 fully saturated rings. The number of ether oxygens (including phenoxy) is 1. The van der Waals surface area contributed by atoms with Crippen LogP contribution in [0.5, 0.6) is 5.75 Å². The zero-order chi connectivity index (χ0) is 16.5. The highest BCUT2D eigenvalue weighted by Gasteiger charge is 2.05. The first-order valence-corrected chi connectivity index (χ1v) is 8.58. The van der Waals surface area contributed by atoms with Crippen molar-refractivity contribution >= 4 is 11.6 Å². The molecular weight excluding hydrogens is 288 g/mol. The number of rotatable bonds is 8. The smallest absolute Gasteiger partial charge is 0.239 e. The van der Waals surface area contributed by atoms with Crippen molar-refractivity contribution in [2.24, 2.45) is 0 Å². The third-order valence-corrected chi connectivity index (χ3v) is 3.83. The second-order valence-electron chi connectivity index (χ2n) is 6.25. The molecule has 2 N–H and O–H groups in total. The van der Waals surface area contributed by atoms with Crippen molar-refractivity contribution in [3.8, 4) is 5.75 Å². The Morgan fingerprint density at radius 2 is 2.00 bits per heavy atom. The molecule has 0 bridgehead atoms. The number of allylic oxidation sites excluding steroid dienone is 1. The molecule has 1 aliphatic rings. The van der Waals surface area contributed by atoms with Crippen LogP contribution in [-0.4, -0.2) is 25.1 Å². The standard InChI is InChI=1S/C19H28N2O2/c1-15(2)23-18-10-8-17(9-11-18)21-14-19(22)20-13-12-16-6-4-3-5-7-16/h6,8-11,15,21H,3-5,7,12-14H2,1-2H3,(H,20,22). The lowest BCUT2D eigenvalue weighted by molar-refractivity contribution is -0.119. The first-order valence-electron chi connectivity index (χ1n) is 8.58. The zero-order valence-electron chi connectivity index (χ0n) is 14.2. The second kappa shape index (κ2) is 9.23. The van der Waals surface area contributed by atoms with Gasteiger partial charge in [-0.2, -0.15) is 0 Å². The van der Waals surface area contributed by atoms with Gasteiger partial charge in [0.2, 0.25) is 5.91 Å². The molecule has 0 unspecified atom stereocenters. The summed E-state index contributed by atoms with van der Waals surface area (Å²) in [5, 5.41) is 6.10. The molecule has 0 heterocycles. The van der Waals surface area contributed by atoms with Gasteiger partial charge in [-0.3, -0.25) is 4.79 Å². The molecule has 0 radical (unpaired) electrons. The maximum Gasteiger partial charge on any atom is 0.239 e. The van der Waals surface area contributed by atoms with Gasteiger partial charge in [0, 0.05) is 12.2 Å². The fourth-order valence-electron chi connectivity index (χ4n) is 2.66. The maximum atomic E-state index is 11.9. The average Bonchev–Trinajstić information content (AvgIpc) is 2.55. The largest absolute Gasteiger partial charge is 0.491 e. The van der Waals surface area contributed by atoms with E-state index in [4.69, 9.17) is 4.74 Å². The topological polar surface area (TPSA) is 50.4 Å². The Morgan fingerprint density at radius 3 is 2.65 bits per heavy atom. The molecule has 126 valence electrons. The molecule has 4 nitrogen and oxygen atoms in total. The maximum absolute atomic E-state index is 11.9. The summed E-state index contributed by atoms with van der Waals surface area (Å²) >= 11 is 0. The van der Waals surface area contributed by atoms with Gasteiger partial charge in [-0.15, -0.1) is 0 Å². The molecule has 1 amide bonds. The number of hydrogen-bond donors (Lipinski definition) is 2. The summed E-state index contributed by atoms with van der Waals surface area (Å²) < 4.78 is 5.59. The molecule has 0 saturated heterocycles. The lowest BCUT2D eigenvalue weighted by Crippen LogP contribution is -2.30. The van der Waals surface area contributed by atoms with Crippen LogP contribution in [0.15, 0.2) is 35.9 Å². The molecule has 23 heavy (non-hydrogen) atoms. The minimum Gasteiger partial charge on any atom is -0.491 e. The molecule has 2 rings (SSSR count). The van der Waals surface area contributed by atoms with Crippen molar-refractivity contribution in [3.05, 3.63) is 35.9 Å². The van der Waals surface area contributed by atoms with Crippen molar-refractivity contribution in [3.63, 3.8) is 0 Å². The van der Waals surface area contributed by atoms with Gasteiger partial charge in [-0.25, -0.2) is 0 Å². The van der Waals surface area contributed by atoms with Crippen LogP contribution in [-0.2, 0) is 4.79 Å². The lowest BCUT2D eigenvalue weighted by atomic mass is 9.97. The van der Waals surface area contributed by atoms with E-state index in [0.717, 1.165) is 24.4 Å². The van der Waals surface area contributed by atoms with Gasteiger partial charge in [0.05, 0.1) is 12.6 Å². The van der Waals surface area contributed by atoms with Gasteiger partial charge < -0.3 is 15.4 Å². The molecule has 0 saturated carbocycles. The van der Waals surface area contributed by atoms with Gasteiger partial charge in [-0.05, 0) is 70.2 Å². The lowest BCUT2D eigenvalue weighted by Gasteiger charge is -2.13. The fraction of sp³-hybridized carbons (Fsp3) is 0.526. The predicted octanol–water partition coefficient (Wildman–Crippen LogP) is 3.89. The zero-order valence-corrected chi connectivity index (χ0v) is 14.2. The van der Waals surface area contributed by atoms with Crippen molar-refractivity contribution in [1.29, 1.82) is 0 Å². The summed E-state index contributed by atoms with van der Waals surface area (Å²) in [6.07, 6.45) is 8.46. The van der Waals surface area contributed by atoms with Crippen molar-refractivity contribution in [2.75, 3.05) is 18.4 Å². The number of carbonyl (C=O) groups excluding carboxylic acids is 1. The van der Waals surface area contributed by atoms with E-state index in [9.17, 15) is 4.79 Å². The predicted molar refractivity (Wildman–Crippen MR) is 94.9 cm³/mol. The third-order valence-electron chi connectivity index (χ3n) is 3.83. The third kappa shape index (κ3) is 6.76. The van der Waals surface area contributed by atoms with E-state index in [1.165, 1.54) is 31.3 Å². The number of nitrogens with one attached hydrogen (secondary N) is 2. The summed E-state index contributed by atoms with van der Waals surface area (Å²) in [6.45, 7) is 5.02. The molecule has 0 atom stereocenters. The molecule has 1 aromatic carbocycles. The summed E-state index contributed by atoms with van der Waals surface area (Å²) in [7, 11) is 0. The van der Waals surface area contributed by atoms with Crippen LogP contribution < -0.4 is 15.4 Å². The van der Waals surface area contributed by atoms with Crippen LogP contribution in [0.4, 0.5) is 5.69 Å². The van der Waals surface area contributed by atoms with E-state index in [0.29, 0.717) is 6.54 Å². The van der Waals surface area contributed by atoms with E-state index in [-0.39, 0.29) is 12.0 Å². The summed E-state index contributed by atoms with van der Waals surface area (Å²) in [5.74, 6) is 0.875. The van der Waals surface area contributed by atoms with E-state index in [1.54, 1.807) is 0 Å². The number of amides is 1. The summed E-state index contributed by atoms with van der Waals surface area (Å²) in [4.78, 5) is 11.9. The van der Waals surface area contributed by atoms with Crippen LogP contribution in [0, 0.1) is 0 Å². The van der Waals surface area contributed by atoms with E-state index >= 15 is 0 Å². The highest BCUT2D eigenvalue weighted by atomic mass is 16.5. The molecule has 0 aromatic heterocycles. The summed E-state index contributed by atoms with van der Waals surface area (Å²) in [6, 6.07) is 7.68.